The minimum Gasteiger partial charge on any atom is -0.445 e. The third-order valence-electron chi connectivity index (χ3n) is 22.0. The molecule has 4 aromatic rings. The maximum atomic E-state index is 14.6. The normalized spacial score (nSPS) is 24.3. The number of allylic oxidation sites excluding steroid dienone is 4. The van der Waals surface area contributed by atoms with Crippen LogP contribution < -0.4 is 42.5 Å². The molecular formula is C78H105N11O15. The molecule has 1 saturated heterocycles. The van der Waals surface area contributed by atoms with Gasteiger partial charge in [-0.3, -0.25) is 38.9 Å². The Hall–Kier alpha value is -8.69. The van der Waals surface area contributed by atoms with Crippen molar-refractivity contribution in [2.45, 2.75) is 226 Å². The van der Waals surface area contributed by atoms with E-state index in [2.05, 4.69) is 63.0 Å². The number of fused-ring (bicyclic) bond motifs is 12. The van der Waals surface area contributed by atoms with Gasteiger partial charge in [0, 0.05) is 77.6 Å². The monoisotopic (exact) mass is 1440 g/mol. The van der Waals surface area contributed by atoms with Gasteiger partial charge in [0.15, 0.2) is 23.5 Å². The molecule has 1 unspecified atom stereocenters. The second kappa shape index (κ2) is 32.8. The van der Waals surface area contributed by atoms with E-state index < -0.39 is 101 Å². The molecule has 8 amide bonds. The lowest BCUT2D eigenvalue weighted by Gasteiger charge is -2.59. The molecule has 3 saturated carbocycles. The molecule has 1 aromatic heterocycles. The number of nitrogens with two attached hydrogens (primary N) is 1. The highest BCUT2D eigenvalue weighted by molar-refractivity contribution is 6.02. The average molecular weight is 1440 g/mol. The summed E-state index contributed by atoms with van der Waals surface area (Å²) in [4.78, 5) is 123. The number of ether oxygens (including phenoxy) is 5. The van der Waals surface area contributed by atoms with E-state index in [1.54, 1.807) is 55.2 Å². The molecule has 11 atom stereocenters. The highest BCUT2D eigenvalue weighted by atomic mass is 16.7. The number of para-hydroxylation sites is 1. The Morgan fingerprint density at radius 3 is 2.32 bits per heavy atom. The van der Waals surface area contributed by atoms with E-state index in [9.17, 15) is 48.3 Å². The standard InChI is InChI=1S/C78H105N11O15/c1-12-18-65-103-61-40-56-54-29-26-50-39-52(90)32-35-76(50,10)66(54)59(91)41-77(56,11)78(61,104-65)60(92)44-100-45-81-73(99)101-43-48-24-27-51(28-25-48)82-70(96)57(22-17-37-80-72(79)98)83-71(97)67(46(2)3)84-62(93)33-34-75(8,9)102-38-36-74(6,7)85-63(94)30-31-64(95)88-42-49-19-13-14-20-53(49)69-68(86-87-89(69)47(4)5)55-21-15-16-23-58(55)88/h13-16,19-21,23-25,27-28,32,35,39,46-47,54,56-57,59,61,65-67,91H,12,17-18,22,26,29-31,33-34,36-38,40-45H2,1-11H3,(H,81,99)(H,82,96)(H,83,97)(H,84,93)(H,85,94)(H3,79,80,98)/t54-,56-,57-,59-,61+,65?,66+,67-,76-,77-,78+/m0/s1. The number of urea groups is 1. The molecule has 6 aliphatic rings. The van der Waals surface area contributed by atoms with Crippen molar-refractivity contribution in [1.29, 1.82) is 0 Å². The number of carbonyl (C=O) groups excluding carboxylic acids is 9. The minimum absolute atomic E-state index is 0.00175. The highest BCUT2D eigenvalue weighted by Crippen LogP contribution is 2.70. The van der Waals surface area contributed by atoms with Crippen LogP contribution in [-0.4, -0.2) is 147 Å². The van der Waals surface area contributed by atoms with Crippen molar-refractivity contribution in [2.75, 3.05) is 36.7 Å². The van der Waals surface area contributed by atoms with Gasteiger partial charge in [0.25, 0.3) is 0 Å². The zero-order valence-corrected chi connectivity index (χ0v) is 61.9. The maximum absolute atomic E-state index is 14.6. The van der Waals surface area contributed by atoms with Gasteiger partial charge in [-0.05, 0) is 159 Å². The zero-order valence-electron chi connectivity index (χ0n) is 61.9. The van der Waals surface area contributed by atoms with Gasteiger partial charge in [0.1, 0.15) is 37.7 Å². The fourth-order valence-corrected chi connectivity index (χ4v) is 16.6. The third-order valence-corrected chi connectivity index (χ3v) is 22.0. The molecule has 104 heavy (non-hydrogen) atoms. The van der Waals surface area contributed by atoms with Crippen LogP contribution in [0, 0.1) is 34.5 Å². The van der Waals surface area contributed by atoms with Crippen LogP contribution in [0.5, 0.6) is 0 Å². The number of primary amides is 1. The van der Waals surface area contributed by atoms with Crippen LogP contribution in [-0.2, 0) is 70.4 Å². The number of alkyl carbamates (subject to hydrolysis) is 1. The Labute approximate surface area is 608 Å². The first-order valence-electron chi connectivity index (χ1n) is 36.8. The quantitative estimate of drug-likeness (QED) is 0.0172. The van der Waals surface area contributed by atoms with E-state index in [1.807, 2.05) is 101 Å². The fraction of sp³-hybridized carbons (Fsp3) is 0.577. The first-order chi connectivity index (χ1) is 49.4. The summed E-state index contributed by atoms with van der Waals surface area (Å²) in [6, 6.07) is 19.2. The van der Waals surface area contributed by atoms with E-state index in [4.69, 9.17) is 29.4 Å². The molecule has 26 nitrogen and oxygen atoms in total. The molecule has 562 valence electrons. The topological polar surface area (TPSA) is 352 Å². The summed E-state index contributed by atoms with van der Waals surface area (Å²) in [5.41, 5.74) is 8.01. The highest BCUT2D eigenvalue weighted by Gasteiger charge is 2.76. The molecule has 4 fully saturated rings. The van der Waals surface area contributed by atoms with Crippen molar-refractivity contribution >= 4 is 64.6 Å². The van der Waals surface area contributed by atoms with Crippen LogP contribution in [0.3, 0.4) is 0 Å². The van der Waals surface area contributed by atoms with Gasteiger partial charge in [-0.2, -0.15) is 0 Å². The summed E-state index contributed by atoms with van der Waals surface area (Å²) in [5.74, 6) is -2.95. The molecule has 10 rings (SSSR count). The van der Waals surface area contributed by atoms with Crippen molar-refractivity contribution in [1.82, 2.24) is 41.6 Å². The van der Waals surface area contributed by atoms with Gasteiger partial charge in [-0.15, -0.1) is 5.10 Å². The van der Waals surface area contributed by atoms with E-state index >= 15 is 0 Å². The summed E-state index contributed by atoms with van der Waals surface area (Å²) in [6.07, 6.45) is 7.24. The number of nitrogens with one attached hydrogen (secondary N) is 6. The molecule has 0 bridgehead atoms. The number of Topliss-reactive ketones (excluding diaryl/α,β-unsaturated/α-hetero) is 1. The first kappa shape index (κ1) is 77.9. The molecule has 2 aliphatic heterocycles. The molecule has 0 spiro atoms. The number of benzene rings is 3. The number of nitrogens with zero attached hydrogens (tertiary/aromatic N) is 4. The summed E-state index contributed by atoms with van der Waals surface area (Å²) in [6.45, 7) is 21.0. The maximum Gasteiger partial charge on any atom is 0.409 e. The van der Waals surface area contributed by atoms with Crippen molar-refractivity contribution in [3.05, 3.63) is 108 Å². The van der Waals surface area contributed by atoms with Crippen molar-refractivity contribution in [2.24, 2.45) is 40.2 Å². The van der Waals surface area contributed by atoms with Gasteiger partial charge in [0.2, 0.25) is 29.5 Å². The van der Waals surface area contributed by atoms with Crippen LogP contribution in [0.4, 0.5) is 21.0 Å². The van der Waals surface area contributed by atoms with Gasteiger partial charge in [0.05, 0.1) is 35.7 Å². The van der Waals surface area contributed by atoms with Crippen LogP contribution in [0.15, 0.2) is 96.6 Å². The van der Waals surface area contributed by atoms with Crippen LogP contribution in [0.1, 0.15) is 177 Å². The van der Waals surface area contributed by atoms with E-state index in [0.29, 0.717) is 54.9 Å². The van der Waals surface area contributed by atoms with E-state index in [1.165, 1.54) is 0 Å². The third kappa shape index (κ3) is 17.3. The molecule has 9 N–H and O–H groups in total. The Morgan fingerprint density at radius 1 is 0.865 bits per heavy atom. The average Bonchev–Trinajstić information content (AvgIpc) is 1.50. The molecular weight excluding hydrogens is 1330 g/mol. The fourth-order valence-electron chi connectivity index (χ4n) is 16.6. The molecule has 4 aliphatic carbocycles. The first-order valence-corrected chi connectivity index (χ1v) is 36.8. The number of anilines is 2. The lowest BCUT2D eigenvalue weighted by atomic mass is 9.46. The number of hydrogen-bond acceptors (Lipinski definition) is 17. The second-order valence-electron chi connectivity index (χ2n) is 31.1. The number of carbonyl (C=O) groups is 9. The minimum atomic E-state index is -1.39. The van der Waals surface area contributed by atoms with Gasteiger partial charge in [-0.1, -0.05) is 112 Å². The van der Waals surface area contributed by atoms with Gasteiger partial charge < -0.3 is 66.0 Å². The lowest BCUT2D eigenvalue weighted by molar-refractivity contribution is -0.201. The number of aromatic nitrogens is 3. The molecule has 26 heteroatoms. The molecule has 3 aromatic carbocycles. The summed E-state index contributed by atoms with van der Waals surface area (Å²) in [5, 5.41) is 37.8. The van der Waals surface area contributed by atoms with Crippen LogP contribution in [0.2, 0.25) is 0 Å². The summed E-state index contributed by atoms with van der Waals surface area (Å²) in [7, 11) is 0. The lowest BCUT2D eigenvalue weighted by Crippen LogP contribution is -2.63. The van der Waals surface area contributed by atoms with Crippen molar-refractivity contribution in [3.63, 3.8) is 0 Å². The van der Waals surface area contributed by atoms with Crippen LogP contribution in [0.25, 0.3) is 22.5 Å². The SMILES string of the molecule is CCCC1O[C@@H]2C[C@H]3[C@@H]4CCC5=CC(=O)C=C[C@]5(C)[C@H]4[C@@H](O)C[C@]3(C)[C@]2(C(=O)COCNC(=O)OCc2ccc(NC(=O)[C@H](CCCNC(N)=O)NC(=O)[C@@H](NC(=O)CCC(C)(C)OCCC(C)(C)NC(=O)CCC(=O)N3Cc4ccccc4-c4c(nnn4C(C)C)-c4ccccc43)C(C)C)cc2)O1. The Kier molecular flexibility index (Phi) is 24.5. The largest absolute Gasteiger partial charge is 0.445 e. The number of hydrogen-bond donors (Lipinski definition) is 8. The number of rotatable bonds is 31. The van der Waals surface area contributed by atoms with E-state index in [0.717, 1.165) is 47.2 Å². The summed E-state index contributed by atoms with van der Waals surface area (Å²) < 4.78 is 32.7. The number of aliphatic hydroxyl groups is 1. The number of ketones is 2. The number of aliphatic hydroxyl groups excluding tert-OH is 1. The predicted molar refractivity (Wildman–Crippen MR) is 388 cm³/mol. The summed E-state index contributed by atoms with van der Waals surface area (Å²) >= 11 is 0. The molecule has 3 heterocycles. The number of amides is 8. The van der Waals surface area contributed by atoms with Crippen LogP contribution >= 0.6 is 0 Å². The Morgan fingerprint density at radius 2 is 1.60 bits per heavy atom. The van der Waals surface area contributed by atoms with Gasteiger partial charge in [-0.25, -0.2) is 14.3 Å². The smallest absolute Gasteiger partial charge is 0.409 e. The second-order valence-corrected chi connectivity index (χ2v) is 31.1. The van der Waals surface area contributed by atoms with E-state index in [-0.39, 0.29) is 112 Å². The Bertz CT molecular complexity index is 3900. The van der Waals surface area contributed by atoms with Crippen molar-refractivity contribution < 1.29 is 71.9 Å². The Balaban J connectivity index is 0.653. The van der Waals surface area contributed by atoms with Crippen molar-refractivity contribution in [3.8, 4) is 22.5 Å². The molecule has 0 radical (unpaired) electrons. The van der Waals surface area contributed by atoms with Gasteiger partial charge >= 0.3 is 12.1 Å². The predicted octanol–water partition coefficient (Wildman–Crippen LogP) is 9.33. The zero-order chi connectivity index (χ0) is 75.1.